The molecule has 1 aliphatic rings. The van der Waals surface area contributed by atoms with Crippen molar-refractivity contribution in [1.29, 1.82) is 0 Å². The predicted molar refractivity (Wildman–Crippen MR) is 65.3 cm³/mol. The minimum atomic E-state index is -0.671. The van der Waals surface area contributed by atoms with Gasteiger partial charge in [-0.2, -0.15) is 0 Å². The lowest BCUT2D eigenvalue weighted by molar-refractivity contribution is 0.116. The molecule has 100 valence electrons. The van der Waals surface area contributed by atoms with E-state index in [2.05, 4.69) is 4.98 Å². The van der Waals surface area contributed by atoms with E-state index in [1.54, 1.807) is 0 Å². The summed E-state index contributed by atoms with van der Waals surface area (Å²) in [7, 11) is 0. The number of anilines is 2. The van der Waals surface area contributed by atoms with Gasteiger partial charge in [-0.15, -0.1) is 0 Å². The molecule has 0 amide bonds. The predicted octanol–water partition coefficient (Wildman–Crippen LogP) is -1.36. The van der Waals surface area contributed by atoms with Gasteiger partial charge in [0.1, 0.15) is 12.4 Å². The third-order valence-electron chi connectivity index (χ3n) is 2.71. The zero-order valence-electron chi connectivity index (χ0n) is 10.0. The topological polar surface area (TPSA) is 114 Å². The molecule has 2 heterocycles. The number of aliphatic hydroxyl groups is 1. The first-order valence-corrected chi connectivity index (χ1v) is 5.75. The van der Waals surface area contributed by atoms with Crippen LogP contribution in [-0.2, 0) is 11.4 Å². The molecule has 18 heavy (non-hydrogen) atoms. The van der Waals surface area contributed by atoms with E-state index in [0.29, 0.717) is 13.0 Å². The average Bonchev–Trinajstić information content (AvgIpc) is 2.70. The Morgan fingerprint density at radius 1 is 1.56 bits per heavy atom. The van der Waals surface area contributed by atoms with Crippen LogP contribution in [0.15, 0.2) is 9.59 Å². The van der Waals surface area contributed by atoms with Crippen molar-refractivity contribution in [2.24, 2.45) is 0 Å². The van der Waals surface area contributed by atoms with Crippen molar-refractivity contribution >= 4 is 11.5 Å². The summed E-state index contributed by atoms with van der Waals surface area (Å²) in [5, 5.41) is 10.6. The molecule has 1 atom stereocenters. The number of nitrogens with zero attached hydrogens (tertiary/aromatic N) is 2. The Labute approximate surface area is 103 Å². The summed E-state index contributed by atoms with van der Waals surface area (Å²) in [6.07, 6.45) is 0.0364. The number of β-amino-alcohol motifs (C(OH)–C–C–N with tert-alkyl or cyclic N) is 1. The van der Waals surface area contributed by atoms with Crippen LogP contribution in [-0.4, -0.2) is 33.9 Å². The normalized spacial score (nSPS) is 19.4. The summed E-state index contributed by atoms with van der Waals surface area (Å²) in [6, 6.07) is 0. The molecular formula is C10H16N4O4. The van der Waals surface area contributed by atoms with E-state index < -0.39 is 17.4 Å². The molecule has 1 aliphatic heterocycles. The number of hydrogen-bond donors (Lipinski definition) is 3. The number of nitrogens with one attached hydrogen (secondary N) is 1. The number of rotatable bonds is 3. The van der Waals surface area contributed by atoms with Gasteiger partial charge in [0.05, 0.1) is 12.6 Å². The van der Waals surface area contributed by atoms with Crippen molar-refractivity contribution in [3.8, 4) is 0 Å². The molecule has 8 heteroatoms. The summed E-state index contributed by atoms with van der Waals surface area (Å²) in [5.74, 6) is 0.0553. The van der Waals surface area contributed by atoms with Gasteiger partial charge in [0, 0.05) is 6.54 Å². The van der Waals surface area contributed by atoms with E-state index >= 15 is 0 Å². The van der Waals surface area contributed by atoms with Crippen LogP contribution in [0.2, 0.25) is 0 Å². The largest absolute Gasteiger partial charge is 0.389 e. The van der Waals surface area contributed by atoms with E-state index in [9.17, 15) is 14.7 Å². The van der Waals surface area contributed by atoms with Crippen LogP contribution in [0.5, 0.6) is 0 Å². The summed E-state index contributed by atoms with van der Waals surface area (Å²) in [5.41, 5.74) is 4.75. The van der Waals surface area contributed by atoms with Crippen molar-refractivity contribution in [1.82, 2.24) is 9.55 Å². The van der Waals surface area contributed by atoms with E-state index in [1.807, 2.05) is 6.92 Å². The van der Waals surface area contributed by atoms with Gasteiger partial charge >= 0.3 is 5.69 Å². The van der Waals surface area contributed by atoms with Crippen molar-refractivity contribution in [2.45, 2.75) is 26.0 Å². The van der Waals surface area contributed by atoms with Gasteiger partial charge < -0.3 is 10.8 Å². The highest BCUT2D eigenvalue weighted by atomic mass is 16.7. The van der Waals surface area contributed by atoms with Crippen LogP contribution < -0.4 is 22.0 Å². The molecule has 2 rings (SSSR count). The molecule has 0 spiro atoms. The van der Waals surface area contributed by atoms with Crippen molar-refractivity contribution in [3.05, 3.63) is 20.8 Å². The lowest BCUT2D eigenvalue weighted by atomic mass is 10.3. The van der Waals surface area contributed by atoms with E-state index in [1.165, 1.54) is 9.63 Å². The van der Waals surface area contributed by atoms with Gasteiger partial charge in [-0.25, -0.2) is 9.86 Å². The molecule has 0 bridgehead atoms. The molecule has 0 aromatic carbocycles. The Hall–Kier alpha value is -1.80. The maximum absolute atomic E-state index is 11.8. The molecule has 1 aromatic heterocycles. The van der Waals surface area contributed by atoms with Gasteiger partial charge in [0.15, 0.2) is 5.69 Å². The lowest BCUT2D eigenvalue weighted by Gasteiger charge is -2.19. The second-order valence-corrected chi connectivity index (χ2v) is 4.16. The van der Waals surface area contributed by atoms with E-state index in [0.717, 1.165) is 0 Å². The highest BCUT2D eigenvalue weighted by Gasteiger charge is 2.27. The first kappa shape index (κ1) is 12.7. The quantitative estimate of drug-likeness (QED) is 0.615. The second kappa shape index (κ2) is 4.83. The minimum Gasteiger partial charge on any atom is -0.389 e. The highest BCUT2D eigenvalue weighted by Crippen LogP contribution is 2.20. The fraction of sp³-hybridized carbons (Fsp3) is 0.600. The number of hydrogen-bond acceptors (Lipinski definition) is 6. The smallest absolute Gasteiger partial charge is 0.330 e. The zero-order valence-corrected chi connectivity index (χ0v) is 10.0. The fourth-order valence-electron chi connectivity index (χ4n) is 1.89. The van der Waals surface area contributed by atoms with Crippen LogP contribution in [0.1, 0.15) is 13.3 Å². The number of nitrogens with two attached hydrogens (primary N) is 1. The summed E-state index contributed by atoms with van der Waals surface area (Å²) in [6.45, 7) is 2.56. The Bertz CT molecular complexity index is 550. The second-order valence-electron chi connectivity index (χ2n) is 4.16. The monoisotopic (exact) mass is 256 g/mol. The molecule has 0 radical (unpaired) electrons. The third kappa shape index (κ3) is 2.12. The molecule has 4 N–H and O–H groups in total. The maximum Gasteiger partial charge on any atom is 0.330 e. The van der Waals surface area contributed by atoms with Crippen LogP contribution in [0.25, 0.3) is 0 Å². The maximum atomic E-state index is 11.8. The van der Waals surface area contributed by atoms with Crippen LogP contribution in [0.4, 0.5) is 11.5 Å². The molecule has 8 nitrogen and oxygen atoms in total. The molecule has 1 fully saturated rings. The first-order valence-electron chi connectivity index (χ1n) is 5.75. The van der Waals surface area contributed by atoms with Gasteiger partial charge in [0.25, 0.3) is 5.56 Å². The molecular weight excluding hydrogens is 240 g/mol. The summed E-state index contributed by atoms with van der Waals surface area (Å²) < 4.78 is 1.28. The Balaban J connectivity index is 2.50. The number of hydroxylamine groups is 1. The zero-order chi connectivity index (χ0) is 13.3. The van der Waals surface area contributed by atoms with Gasteiger partial charge in [-0.3, -0.25) is 19.2 Å². The van der Waals surface area contributed by atoms with E-state index in [-0.39, 0.29) is 24.7 Å². The summed E-state index contributed by atoms with van der Waals surface area (Å²) in [4.78, 5) is 30.7. The van der Waals surface area contributed by atoms with Gasteiger partial charge in [0.2, 0.25) is 0 Å². The fourth-order valence-corrected chi connectivity index (χ4v) is 1.89. The lowest BCUT2D eigenvalue weighted by Crippen LogP contribution is -2.37. The SMILES string of the molecule is CCCn1c(N)c(N2CC(O)CO2)c(=O)[nH]c1=O. The van der Waals surface area contributed by atoms with Crippen molar-refractivity contribution in [2.75, 3.05) is 23.9 Å². The minimum absolute atomic E-state index is 0.0553. The molecule has 1 aromatic rings. The van der Waals surface area contributed by atoms with Crippen LogP contribution in [0.3, 0.4) is 0 Å². The number of aromatic nitrogens is 2. The van der Waals surface area contributed by atoms with Gasteiger partial charge in [-0.05, 0) is 6.42 Å². The molecule has 1 saturated heterocycles. The molecule has 1 unspecified atom stereocenters. The Kier molecular flexibility index (Phi) is 3.39. The third-order valence-corrected chi connectivity index (χ3v) is 2.71. The van der Waals surface area contributed by atoms with Crippen molar-refractivity contribution in [3.63, 3.8) is 0 Å². The Morgan fingerprint density at radius 3 is 2.83 bits per heavy atom. The molecule has 0 saturated carbocycles. The van der Waals surface area contributed by atoms with Gasteiger partial charge in [-0.1, -0.05) is 6.92 Å². The summed E-state index contributed by atoms with van der Waals surface area (Å²) >= 11 is 0. The van der Waals surface area contributed by atoms with Crippen molar-refractivity contribution < 1.29 is 9.94 Å². The average molecular weight is 256 g/mol. The first-order chi connectivity index (χ1) is 8.54. The van der Waals surface area contributed by atoms with Crippen LogP contribution in [0, 0.1) is 0 Å². The number of aliphatic hydroxyl groups excluding tert-OH is 1. The van der Waals surface area contributed by atoms with E-state index in [4.69, 9.17) is 10.6 Å². The molecule has 0 aliphatic carbocycles. The standard InChI is InChI=1S/C10H16N4O4/c1-2-3-13-8(11)7(9(16)12-10(13)17)14-4-6(15)5-18-14/h6,15H,2-5,11H2,1H3,(H,12,16,17). The Morgan fingerprint density at radius 2 is 2.28 bits per heavy atom. The number of aromatic amines is 1. The number of H-pyrrole nitrogens is 1. The highest BCUT2D eigenvalue weighted by molar-refractivity contribution is 5.61. The van der Waals surface area contributed by atoms with Crippen LogP contribution >= 0.6 is 0 Å². The number of nitrogen functional groups attached to an aromatic ring is 1.